The Hall–Kier alpha value is -2.09. The number of hydrogen-bond donors (Lipinski definition) is 2. The molecule has 0 aliphatic carbocycles. The first-order valence-electron chi connectivity index (χ1n) is 5.34. The van der Waals surface area contributed by atoms with Crippen molar-refractivity contribution in [2.75, 3.05) is 19.8 Å². The van der Waals surface area contributed by atoms with E-state index in [1.807, 2.05) is 0 Å². The molecule has 1 heterocycles. The largest absolute Gasteiger partial charge is 0.478 e. The zero-order chi connectivity index (χ0) is 14.3. The minimum Gasteiger partial charge on any atom is -0.478 e. The Balaban J connectivity index is 2.48. The molecule has 0 radical (unpaired) electrons. The van der Waals surface area contributed by atoms with E-state index in [-0.39, 0.29) is 24.4 Å². The Bertz CT molecular complexity index is 454. The van der Waals surface area contributed by atoms with Crippen LogP contribution >= 0.6 is 0 Å². The second kappa shape index (κ2) is 7.37. The van der Waals surface area contributed by atoms with Crippen molar-refractivity contribution < 1.29 is 28.2 Å². The van der Waals surface area contributed by atoms with Gasteiger partial charge in [-0.15, -0.1) is 0 Å². The molecule has 8 heteroatoms. The second-order valence-corrected chi connectivity index (χ2v) is 3.43. The zero-order valence-electron chi connectivity index (χ0n) is 9.81. The van der Waals surface area contributed by atoms with Crippen LogP contribution in [0.5, 0.6) is 0 Å². The van der Waals surface area contributed by atoms with Gasteiger partial charge in [0.25, 0.3) is 12.3 Å². The van der Waals surface area contributed by atoms with E-state index in [9.17, 15) is 18.4 Å². The number of halogens is 2. The molecule has 0 unspecified atom stereocenters. The Kier molecular flexibility index (Phi) is 5.80. The molecule has 1 aromatic rings. The monoisotopic (exact) mass is 274 g/mol. The Morgan fingerprint density at radius 1 is 1.47 bits per heavy atom. The molecule has 104 valence electrons. The molecule has 0 aromatic carbocycles. The lowest BCUT2D eigenvalue weighted by Gasteiger charge is -2.07. The van der Waals surface area contributed by atoms with Gasteiger partial charge in [-0.2, -0.15) is 0 Å². The molecular formula is C11H12F2N2O4. The third-order valence-electron chi connectivity index (χ3n) is 2.03. The van der Waals surface area contributed by atoms with Gasteiger partial charge >= 0.3 is 5.97 Å². The summed E-state index contributed by atoms with van der Waals surface area (Å²) in [5, 5.41) is 11.2. The van der Waals surface area contributed by atoms with Crippen LogP contribution in [0.25, 0.3) is 0 Å². The molecular weight excluding hydrogens is 262 g/mol. The van der Waals surface area contributed by atoms with Crippen LogP contribution < -0.4 is 5.32 Å². The van der Waals surface area contributed by atoms with Crippen LogP contribution in [0.3, 0.4) is 0 Å². The SMILES string of the molecule is O=C(O)c1cccnc1C(=O)NCCOCC(F)F. The van der Waals surface area contributed by atoms with Crippen LogP contribution in [-0.2, 0) is 4.74 Å². The number of aromatic nitrogens is 1. The molecule has 0 fully saturated rings. The molecule has 0 saturated heterocycles. The second-order valence-electron chi connectivity index (χ2n) is 3.43. The van der Waals surface area contributed by atoms with Gasteiger partial charge in [-0.05, 0) is 12.1 Å². The number of ether oxygens (including phenoxy) is 1. The first-order valence-corrected chi connectivity index (χ1v) is 5.34. The van der Waals surface area contributed by atoms with Gasteiger partial charge in [0.2, 0.25) is 0 Å². The summed E-state index contributed by atoms with van der Waals surface area (Å²) in [6.45, 7) is -0.813. The molecule has 2 N–H and O–H groups in total. The highest BCUT2D eigenvalue weighted by Gasteiger charge is 2.16. The van der Waals surface area contributed by atoms with Crippen molar-refractivity contribution in [2.45, 2.75) is 6.43 Å². The number of pyridine rings is 1. The summed E-state index contributed by atoms with van der Waals surface area (Å²) < 4.78 is 28.0. The van der Waals surface area contributed by atoms with E-state index >= 15 is 0 Å². The number of rotatable bonds is 7. The highest BCUT2D eigenvalue weighted by Crippen LogP contribution is 2.04. The maximum atomic E-state index is 11.7. The summed E-state index contributed by atoms with van der Waals surface area (Å²) in [6, 6.07) is 2.64. The van der Waals surface area contributed by atoms with Crippen LogP contribution in [0.15, 0.2) is 18.3 Å². The third kappa shape index (κ3) is 4.96. The average molecular weight is 274 g/mol. The average Bonchev–Trinajstić information content (AvgIpc) is 2.37. The fraction of sp³-hybridized carbons (Fsp3) is 0.364. The molecule has 19 heavy (non-hydrogen) atoms. The lowest BCUT2D eigenvalue weighted by Crippen LogP contribution is -2.30. The fourth-order valence-electron chi connectivity index (χ4n) is 1.25. The number of hydrogen-bond acceptors (Lipinski definition) is 4. The number of nitrogens with zero attached hydrogens (tertiary/aromatic N) is 1. The topological polar surface area (TPSA) is 88.5 Å². The smallest absolute Gasteiger partial charge is 0.338 e. The van der Waals surface area contributed by atoms with Crippen LogP contribution in [-0.4, -0.2) is 48.2 Å². The van der Waals surface area contributed by atoms with E-state index in [2.05, 4.69) is 15.0 Å². The molecule has 0 bridgehead atoms. The van der Waals surface area contributed by atoms with Gasteiger partial charge in [0.15, 0.2) is 0 Å². The van der Waals surface area contributed by atoms with Crippen LogP contribution in [0.1, 0.15) is 20.8 Å². The minimum atomic E-state index is -2.56. The zero-order valence-corrected chi connectivity index (χ0v) is 9.81. The quantitative estimate of drug-likeness (QED) is 0.718. The van der Waals surface area contributed by atoms with Crippen LogP contribution in [0.4, 0.5) is 8.78 Å². The van der Waals surface area contributed by atoms with Gasteiger partial charge in [-0.3, -0.25) is 9.78 Å². The predicted molar refractivity (Wildman–Crippen MR) is 60.4 cm³/mol. The first-order chi connectivity index (χ1) is 9.02. The number of amides is 1. The van der Waals surface area contributed by atoms with Crippen molar-refractivity contribution >= 4 is 11.9 Å². The van der Waals surface area contributed by atoms with Gasteiger partial charge in [-0.1, -0.05) is 0 Å². The number of alkyl halides is 2. The van der Waals surface area contributed by atoms with E-state index in [4.69, 9.17) is 5.11 Å². The standard InChI is InChI=1S/C11H12F2N2O4/c12-8(13)6-19-5-4-15-10(16)9-7(11(17)18)2-1-3-14-9/h1-3,8H,4-6H2,(H,15,16)(H,17,18). The molecule has 0 spiro atoms. The van der Waals surface area contributed by atoms with Crippen LogP contribution in [0.2, 0.25) is 0 Å². The van der Waals surface area contributed by atoms with Crippen molar-refractivity contribution in [1.29, 1.82) is 0 Å². The summed E-state index contributed by atoms with van der Waals surface area (Å²) >= 11 is 0. The maximum absolute atomic E-state index is 11.7. The molecule has 1 amide bonds. The van der Waals surface area contributed by atoms with Gasteiger partial charge in [0, 0.05) is 12.7 Å². The maximum Gasteiger partial charge on any atom is 0.338 e. The lowest BCUT2D eigenvalue weighted by atomic mass is 10.2. The Labute approximate surface area is 107 Å². The Morgan fingerprint density at radius 3 is 2.84 bits per heavy atom. The Morgan fingerprint density at radius 2 is 2.21 bits per heavy atom. The molecule has 1 aromatic heterocycles. The summed E-state index contributed by atoms with van der Waals surface area (Å²) in [5.41, 5.74) is -0.461. The van der Waals surface area contributed by atoms with Gasteiger partial charge < -0.3 is 15.2 Å². The van der Waals surface area contributed by atoms with E-state index in [0.29, 0.717) is 0 Å². The van der Waals surface area contributed by atoms with Gasteiger partial charge in [0.05, 0.1) is 12.2 Å². The molecule has 0 saturated carbocycles. The van der Waals surface area contributed by atoms with Gasteiger partial charge in [0.1, 0.15) is 12.3 Å². The van der Waals surface area contributed by atoms with Crippen molar-refractivity contribution in [3.05, 3.63) is 29.6 Å². The first kappa shape index (κ1) is 15.0. The van der Waals surface area contributed by atoms with Gasteiger partial charge in [-0.25, -0.2) is 13.6 Å². The van der Waals surface area contributed by atoms with Crippen molar-refractivity contribution in [3.63, 3.8) is 0 Å². The predicted octanol–water partition coefficient (Wildman–Crippen LogP) is 0.791. The summed E-state index contributed by atoms with van der Waals surface area (Å²) in [7, 11) is 0. The van der Waals surface area contributed by atoms with Crippen molar-refractivity contribution in [1.82, 2.24) is 10.3 Å². The highest BCUT2D eigenvalue weighted by atomic mass is 19.3. The number of nitrogens with one attached hydrogen (secondary N) is 1. The van der Waals surface area contributed by atoms with Crippen molar-refractivity contribution in [2.24, 2.45) is 0 Å². The molecule has 0 aliphatic heterocycles. The summed E-state index contributed by atoms with van der Waals surface area (Å²) in [4.78, 5) is 26.1. The number of carbonyl (C=O) groups excluding carboxylic acids is 1. The van der Waals surface area contributed by atoms with E-state index in [0.717, 1.165) is 0 Å². The van der Waals surface area contributed by atoms with E-state index in [1.165, 1.54) is 18.3 Å². The van der Waals surface area contributed by atoms with E-state index < -0.39 is 24.9 Å². The summed E-state index contributed by atoms with van der Waals surface area (Å²) in [6.07, 6.45) is -1.28. The third-order valence-corrected chi connectivity index (χ3v) is 2.03. The minimum absolute atomic E-state index is 0.0127. The molecule has 0 atom stereocenters. The molecule has 6 nitrogen and oxygen atoms in total. The number of carbonyl (C=O) groups is 2. The summed E-state index contributed by atoms with van der Waals surface area (Å²) in [5.74, 6) is -1.97. The number of carboxylic acids is 1. The highest BCUT2D eigenvalue weighted by molar-refractivity contribution is 6.03. The molecule has 0 aliphatic rings. The fourth-order valence-corrected chi connectivity index (χ4v) is 1.25. The number of carboxylic acid groups (broad SMARTS) is 1. The lowest BCUT2D eigenvalue weighted by molar-refractivity contribution is 0.0188. The number of aromatic carboxylic acids is 1. The molecule has 1 rings (SSSR count). The van der Waals surface area contributed by atoms with E-state index in [1.54, 1.807) is 0 Å². The van der Waals surface area contributed by atoms with Crippen LogP contribution in [0, 0.1) is 0 Å². The normalized spacial score (nSPS) is 10.5. The van der Waals surface area contributed by atoms with Crippen molar-refractivity contribution in [3.8, 4) is 0 Å².